The summed E-state index contributed by atoms with van der Waals surface area (Å²) in [6.07, 6.45) is 0. The molecular weight excluding hydrogens is 200 g/mol. The Labute approximate surface area is 78.3 Å². The molecule has 1 rings (SSSR count). The Hall–Kier alpha value is -0.190. The van der Waals surface area contributed by atoms with Crippen LogP contribution in [0, 0.1) is 5.41 Å². The molecule has 5 heteroatoms. The van der Waals surface area contributed by atoms with E-state index >= 15 is 0 Å². The Morgan fingerprint density at radius 1 is 1.82 bits per heavy atom. The molecule has 0 aromatic carbocycles. The number of thiophene rings is 1. The van der Waals surface area contributed by atoms with Crippen LogP contribution < -0.4 is 5.73 Å². The van der Waals surface area contributed by atoms with E-state index in [2.05, 4.69) is 0 Å². The van der Waals surface area contributed by atoms with Gasteiger partial charge < -0.3 is 5.73 Å². The number of rotatable bonds is 2. The first-order chi connectivity index (χ1) is 5.18. The van der Waals surface area contributed by atoms with Crippen LogP contribution in [0.15, 0.2) is 11.4 Å². The van der Waals surface area contributed by atoms with Crippen molar-refractivity contribution < 1.29 is 0 Å². The second-order valence-electron chi connectivity index (χ2n) is 1.91. The molecule has 0 spiro atoms. The van der Waals surface area contributed by atoms with E-state index in [0.717, 1.165) is 15.7 Å². The Kier molecular flexibility index (Phi) is 3.23. The third kappa shape index (κ3) is 3.14. The van der Waals surface area contributed by atoms with E-state index in [-0.39, 0.29) is 5.17 Å². The molecule has 0 aliphatic rings. The van der Waals surface area contributed by atoms with Crippen LogP contribution in [0.5, 0.6) is 0 Å². The van der Waals surface area contributed by atoms with Gasteiger partial charge in [-0.05, 0) is 17.0 Å². The number of nitrogens with two attached hydrogens (primary N) is 1. The van der Waals surface area contributed by atoms with Crippen LogP contribution in [0.1, 0.15) is 5.56 Å². The van der Waals surface area contributed by atoms with Crippen LogP contribution >= 0.6 is 34.7 Å². The maximum atomic E-state index is 6.96. The average molecular weight is 207 g/mol. The predicted octanol–water partition coefficient (Wildman–Crippen LogP) is 2.53. The van der Waals surface area contributed by atoms with Gasteiger partial charge in [0.05, 0.1) is 4.34 Å². The van der Waals surface area contributed by atoms with Gasteiger partial charge in [-0.2, -0.15) is 0 Å². The first-order valence-corrected chi connectivity index (χ1v) is 5.12. The standard InChI is InChI=1S/C6H7ClN2S2/c7-5-1-4(2-10-5)3-11-6(8)9/h1-2H,3H2,(H3,8,9). The molecule has 0 unspecified atom stereocenters. The van der Waals surface area contributed by atoms with Crippen LogP contribution in [0.3, 0.4) is 0 Å². The fourth-order valence-corrected chi connectivity index (χ4v) is 2.09. The zero-order chi connectivity index (χ0) is 8.27. The lowest BCUT2D eigenvalue weighted by Gasteiger charge is -1.93. The van der Waals surface area contributed by atoms with E-state index in [0.29, 0.717) is 0 Å². The number of thioether (sulfide) groups is 1. The summed E-state index contributed by atoms with van der Waals surface area (Å²) < 4.78 is 0.782. The smallest absolute Gasteiger partial charge is 0.151 e. The molecule has 2 nitrogen and oxygen atoms in total. The molecule has 3 N–H and O–H groups in total. The molecule has 0 atom stereocenters. The van der Waals surface area contributed by atoms with Crippen molar-refractivity contribution in [2.75, 3.05) is 0 Å². The average Bonchev–Trinajstić information content (AvgIpc) is 2.31. The van der Waals surface area contributed by atoms with Gasteiger partial charge in [0, 0.05) is 5.75 Å². The SMILES string of the molecule is N=C(N)SCc1csc(Cl)c1. The van der Waals surface area contributed by atoms with Crippen LogP contribution in [0.4, 0.5) is 0 Å². The molecule has 1 heterocycles. The normalized spacial score (nSPS) is 9.91. The number of nitrogens with one attached hydrogen (secondary N) is 1. The van der Waals surface area contributed by atoms with E-state index in [1.807, 2.05) is 11.4 Å². The van der Waals surface area contributed by atoms with Crippen LogP contribution in [0.2, 0.25) is 4.34 Å². The number of amidine groups is 1. The third-order valence-corrected chi connectivity index (χ3v) is 2.94. The van der Waals surface area contributed by atoms with Gasteiger partial charge in [-0.3, -0.25) is 5.41 Å². The first kappa shape index (κ1) is 8.90. The van der Waals surface area contributed by atoms with Crippen LogP contribution in [-0.4, -0.2) is 5.17 Å². The topological polar surface area (TPSA) is 49.9 Å². The highest BCUT2D eigenvalue weighted by Crippen LogP contribution is 2.22. The van der Waals surface area contributed by atoms with Crippen molar-refractivity contribution in [3.05, 3.63) is 21.3 Å². The summed E-state index contributed by atoms with van der Waals surface area (Å²) in [6.45, 7) is 0. The van der Waals surface area contributed by atoms with Crippen molar-refractivity contribution in [3.63, 3.8) is 0 Å². The fourth-order valence-electron chi connectivity index (χ4n) is 0.583. The van der Waals surface area contributed by atoms with Crippen LogP contribution in [-0.2, 0) is 5.75 Å². The Bertz CT molecular complexity index is 259. The van der Waals surface area contributed by atoms with E-state index < -0.39 is 0 Å². The van der Waals surface area contributed by atoms with Gasteiger partial charge in [0.15, 0.2) is 5.17 Å². The van der Waals surface area contributed by atoms with Crippen molar-refractivity contribution >= 4 is 39.9 Å². The summed E-state index contributed by atoms with van der Waals surface area (Å²) in [6, 6.07) is 1.89. The Balaban J connectivity index is 2.45. The quantitative estimate of drug-likeness (QED) is 0.577. The molecule has 1 aromatic heterocycles. The van der Waals surface area contributed by atoms with Crippen molar-refractivity contribution in [2.24, 2.45) is 5.73 Å². The monoisotopic (exact) mass is 206 g/mol. The van der Waals surface area contributed by atoms with Gasteiger partial charge in [-0.15, -0.1) is 11.3 Å². The highest BCUT2D eigenvalue weighted by atomic mass is 35.5. The number of hydrogen-bond donors (Lipinski definition) is 2. The predicted molar refractivity (Wildman–Crippen MR) is 52.5 cm³/mol. The van der Waals surface area contributed by atoms with Crippen molar-refractivity contribution in [1.29, 1.82) is 5.41 Å². The second-order valence-corrected chi connectivity index (χ2v) is 4.47. The highest BCUT2D eigenvalue weighted by molar-refractivity contribution is 8.13. The van der Waals surface area contributed by atoms with Gasteiger partial charge in [0.25, 0.3) is 0 Å². The van der Waals surface area contributed by atoms with Crippen molar-refractivity contribution in [1.82, 2.24) is 0 Å². The molecule has 1 aromatic rings. The molecule has 11 heavy (non-hydrogen) atoms. The molecule has 0 aliphatic carbocycles. The maximum absolute atomic E-state index is 6.96. The van der Waals surface area contributed by atoms with Gasteiger partial charge >= 0.3 is 0 Å². The molecule has 0 aliphatic heterocycles. The minimum Gasteiger partial charge on any atom is -0.379 e. The molecule has 0 amide bonds. The van der Waals surface area contributed by atoms with E-state index in [9.17, 15) is 0 Å². The fraction of sp³-hybridized carbons (Fsp3) is 0.167. The summed E-state index contributed by atoms with van der Waals surface area (Å²) in [5, 5.41) is 9.08. The summed E-state index contributed by atoms with van der Waals surface area (Å²) in [7, 11) is 0. The zero-order valence-corrected chi connectivity index (χ0v) is 8.02. The first-order valence-electron chi connectivity index (χ1n) is 2.88. The maximum Gasteiger partial charge on any atom is 0.151 e. The summed E-state index contributed by atoms with van der Waals surface area (Å²) >= 11 is 8.50. The minimum absolute atomic E-state index is 0.146. The number of halogens is 1. The lowest BCUT2D eigenvalue weighted by molar-refractivity contribution is 1.46. The van der Waals surface area contributed by atoms with E-state index in [1.54, 1.807) is 0 Å². The van der Waals surface area contributed by atoms with E-state index in [1.165, 1.54) is 23.1 Å². The lowest BCUT2D eigenvalue weighted by Crippen LogP contribution is -2.03. The highest BCUT2D eigenvalue weighted by Gasteiger charge is 1.98. The van der Waals surface area contributed by atoms with E-state index in [4.69, 9.17) is 22.7 Å². The molecule has 60 valence electrons. The van der Waals surface area contributed by atoms with Crippen molar-refractivity contribution in [3.8, 4) is 0 Å². The summed E-state index contributed by atoms with van der Waals surface area (Å²) in [5.74, 6) is 0.735. The second kappa shape index (κ2) is 3.99. The molecule has 0 fully saturated rings. The largest absolute Gasteiger partial charge is 0.379 e. The Morgan fingerprint density at radius 3 is 3.00 bits per heavy atom. The van der Waals surface area contributed by atoms with Crippen LogP contribution in [0.25, 0.3) is 0 Å². The van der Waals surface area contributed by atoms with Gasteiger partial charge in [-0.25, -0.2) is 0 Å². The molecular formula is C6H7ClN2S2. The third-order valence-electron chi connectivity index (χ3n) is 1.02. The summed E-state index contributed by atoms with van der Waals surface area (Å²) in [4.78, 5) is 0. The lowest BCUT2D eigenvalue weighted by atomic mass is 10.4. The van der Waals surface area contributed by atoms with Gasteiger partial charge in [0.1, 0.15) is 0 Å². The van der Waals surface area contributed by atoms with Gasteiger partial charge in [-0.1, -0.05) is 23.4 Å². The minimum atomic E-state index is 0.146. The molecule has 0 saturated carbocycles. The van der Waals surface area contributed by atoms with Gasteiger partial charge in [0.2, 0.25) is 0 Å². The molecule has 0 bridgehead atoms. The Morgan fingerprint density at radius 2 is 2.55 bits per heavy atom. The van der Waals surface area contributed by atoms with Crippen molar-refractivity contribution in [2.45, 2.75) is 5.75 Å². The zero-order valence-electron chi connectivity index (χ0n) is 5.63. The molecule has 0 radical (unpaired) electrons. The summed E-state index contributed by atoms with van der Waals surface area (Å²) in [5.41, 5.74) is 6.29. The number of hydrogen-bond acceptors (Lipinski definition) is 3. The molecule has 0 saturated heterocycles.